The molecular formula is C14H17NO8S2. The first-order valence-corrected chi connectivity index (χ1v) is 9.52. The van der Waals surface area contributed by atoms with Crippen LogP contribution in [0.5, 0.6) is 0 Å². The molecule has 11 heteroatoms. The Labute approximate surface area is 146 Å². The van der Waals surface area contributed by atoms with E-state index in [1.165, 1.54) is 5.56 Å². The molecule has 0 atom stereocenters. The summed E-state index contributed by atoms with van der Waals surface area (Å²) in [5, 5.41) is 0. The van der Waals surface area contributed by atoms with E-state index in [0.29, 0.717) is 0 Å². The summed E-state index contributed by atoms with van der Waals surface area (Å²) in [7, 11) is -10.2. The van der Waals surface area contributed by atoms with Gasteiger partial charge in [0, 0.05) is 24.9 Å². The molecule has 1 heterocycles. The molecule has 1 aromatic rings. The third-order valence-electron chi connectivity index (χ3n) is 2.82. The molecule has 0 fully saturated rings. The predicted molar refractivity (Wildman–Crippen MR) is 88.9 cm³/mol. The largest absolute Gasteiger partial charge is 0.413 e. The second-order valence-electron chi connectivity index (χ2n) is 4.87. The Hall–Kier alpha value is -2.05. The summed E-state index contributed by atoms with van der Waals surface area (Å²) in [5.41, 5.74) is 2.09. The van der Waals surface area contributed by atoms with E-state index in [2.05, 4.69) is 20.7 Å². The van der Waals surface area contributed by atoms with E-state index < -0.39 is 20.8 Å². The molecule has 0 amide bonds. The smallest absolute Gasteiger partial charge is 0.369 e. The van der Waals surface area contributed by atoms with Gasteiger partial charge in [0.05, 0.1) is 0 Å². The minimum absolute atomic E-state index is 0.135. The molecule has 0 saturated heterocycles. The topological polar surface area (TPSA) is 138 Å². The number of carbonyl (C=O) groups is 1. The van der Waals surface area contributed by atoms with E-state index in [-0.39, 0.29) is 5.78 Å². The van der Waals surface area contributed by atoms with Crippen LogP contribution in [0.4, 0.5) is 0 Å². The molecule has 2 N–H and O–H groups in total. The fraction of sp³-hybridized carbons (Fsp3) is 0.214. The monoisotopic (exact) mass is 391 g/mol. The first kappa shape index (κ1) is 21.0. The van der Waals surface area contributed by atoms with Gasteiger partial charge < -0.3 is 4.90 Å². The lowest BCUT2D eigenvalue weighted by atomic mass is 10.1. The van der Waals surface area contributed by atoms with Crippen molar-refractivity contribution in [3.8, 4) is 0 Å². The molecule has 9 nitrogen and oxygen atoms in total. The van der Waals surface area contributed by atoms with Gasteiger partial charge in [-0.15, -0.1) is 3.63 Å². The Balaban J connectivity index is 0.000000299. The van der Waals surface area contributed by atoms with Crippen LogP contribution in [0.3, 0.4) is 0 Å². The maximum Gasteiger partial charge on any atom is 0.413 e. The van der Waals surface area contributed by atoms with E-state index in [9.17, 15) is 21.6 Å². The summed E-state index contributed by atoms with van der Waals surface area (Å²) in [6, 6.07) is 10.3. The van der Waals surface area contributed by atoms with Crippen molar-refractivity contribution in [2.45, 2.75) is 13.5 Å². The lowest BCUT2D eigenvalue weighted by Gasteiger charge is -2.22. The lowest BCUT2D eigenvalue weighted by Crippen LogP contribution is -2.20. The Morgan fingerprint density at radius 2 is 1.68 bits per heavy atom. The maximum atomic E-state index is 11.1. The molecule has 0 unspecified atom stereocenters. The number of benzene rings is 1. The molecule has 0 saturated carbocycles. The van der Waals surface area contributed by atoms with Gasteiger partial charge in [-0.3, -0.25) is 13.9 Å². The summed E-state index contributed by atoms with van der Waals surface area (Å²) >= 11 is 0. The van der Waals surface area contributed by atoms with Gasteiger partial charge in [-0.1, -0.05) is 36.4 Å². The molecule has 1 aliphatic heterocycles. The van der Waals surface area contributed by atoms with Gasteiger partial charge in [-0.25, -0.2) is 0 Å². The van der Waals surface area contributed by atoms with E-state index in [0.717, 1.165) is 18.7 Å². The number of rotatable bonds is 5. The van der Waals surface area contributed by atoms with Crippen LogP contribution in [0.25, 0.3) is 0 Å². The number of nitrogens with zero attached hydrogens (tertiary/aromatic N) is 1. The van der Waals surface area contributed by atoms with E-state index in [1.54, 1.807) is 6.92 Å². The number of hydrogen-bond donors (Lipinski definition) is 2. The minimum Gasteiger partial charge on any atom is -0.369 e. The highest BCUT2D eigenvalue weighted by molar-refractivity contribution is 7.94. The summed E-state index contributed by atoms with van der Waals surface area (Å²) in [4.78, 5) is 13.3. The lowest BCUT2D eigenvalue weighted by molar-refractivity contribution is -0.113. The van der Waals surface area contributed by atoms with Gasteiger partial charge in [-0.2, -0.15) is 16.8 Å². The normalized spacial score (nSPS) is 14.4. The minimum atomic E-state index is -5.12. The van der Waals surface area contributed by atoms with Gasteiger partial charge in [0.25, 0.3) is 0 Å². The van der Waals surface area contributed by atoms with Gasteiger partial charge >= 0.3 is 20.8 Å². The van der Waals surface area contributed by atoms with Crippen molar-refractivity contribution in [1.82, 2.24) is 4.90 Å². The van der Waals surface area contributed by atoms with E-state index >= 15 is 0 Å². The Morgan fingerprint density at radius 3 is 2.04 bits per heavy atom. The van der Waals surface area contributed by atoms with E-state index in [4.69, 9.17) is 9.11 Å². The second-order valence-corrected chi connectivity index (χ2v) is 7.13. The average molecular weight is 391 g/mol. The molecule has 25 heavy (non-hydrogen) atoms. The van der Waals surface area contributed by atoms with Crippen LogP contribution < -0.4 is 0 Å². The van der Waals surface area contributed by atoms with Crippen molar-refractivity contribution in [1.29, 1.82) is 0 Å². The van der Waals surface area contributed by atoms with E-state index in [1.807, 2.05) is 36.6 Å². The quantitative estimate of drug-likeness (QED) is 0.707. The van der Waals surface area contributed by atoms with Crippen molar-refractivity contribution in [3.63, 3.8) is 0 Å². The van der Waals surface area contributed by atoms with Crippen molar-refractivity contribution < 1.29 is 34.4 Å². The van der Waals surface area contributed by atoms with Crippen LogP contribution >= 0.6 is 0 Å². The van der Waals surface area contributed by atoms with Crippen LogP contribution in [0, 0.1) is 0 Å². The van der Waals surface area contributed by atoms with Gasteiger partial charge in [-0.05, 0) is 18.6 Å². The standard InChI is InChI=1S/C14H15NO.H2O7S2/c1-12(16)14-7-9-15(10-8-14)11-13-5-3-2-4-6-13;1-8(2,3)7-9(4,5)6/h2-9H,10-11H2,1H3;(H,1,2,3)(H,4,5,6). The molecule has 0 radical (unpaired) electrons. The number of allylic oxidation sites excluding steroid dienone is 2. The summed E-state index contributed by atoms with van der Waals surface area (Å²) in [5.74, 6) is 0.135. The SMILES string of the molecule is CC(=O)C1=CCN(Cc2ccccc2)C=C1.O=S(=O)(O)OS(=O)(=O)O. The van der Waals surface area contributed by atoms with Crippen molar-refractivity contribution >= 4 is 26.6 Å². The Bertz CT molecular complexity index is 827. The van der Waals surface area contributed by atoms with Crippen LogP contribution in [0.1, 0.15) is 12.5 Å². The van der Waals surface area contributed by atoms with Crippen LogP contribution in [0.15, 0.2) is 54.3 Å². The molecular weight excluding hydrogens is 374 g/mol. The van der Waals surface area contributed by atoms with Crippen LogP contribution in [0.2, 0.25) is 0 Å². The zero-order valence-corrected chi connectivity index (χ0v) is 14.8. The average Bonchev–Trinajstić information content (AvgIpc) is 2.45. The number of Topliss-reactive ketones (excluding diaryl/α,β-unsaturated/α-hetero) is 1. The third kappa shape index (κ3) is 9.74. The van der Waals surface area contributed by atoms with Crippen molar-refractivity contribution in [2.75, 3.05) is 6.54 Å². The summed E-state index contributed by atoms with van der Waals surface area (Å²) in [6.45, 7) is 3.29. The third-order valence-corrected chi connectivity index (χ3v) is 4.19. The molecule has 138 valence electrons. The molecule has 0 aromatic heterocycles. The molecule has 2 rings (SSSR count). The molecule has 1 aliphatic rings. The highest BCUT2D eigenvalue weighted by atomic mass is 32.3. The number of ketones is 1. The fourth-order valence-corrected chi connectivity index (χ4v) is 2.70. The fourth-order valence-electron chi connectivity index (χ4n) is 1.84. The summed E-state index contributed by atoms with van der Waals surface area (Å²) < 4.78 is 55.6. The highest BCUT2D eigenvalue weighted by Gasteiger charge is 2.15. The zero-order chi connectivity index (χ0) is 19.1. The molecule has 0 bridgehead atoms. The van der Waals surface area contributed by atoms with Crippen molar-refractivity contribution in [3.05, 3.63) is 59.8 Å². The second kappa shape index (κ2) is 8.87. The molecule has 0 aliphatic carbocycles. The Kier molecular flexibility index (Phi) is 7.45. The first-order valence-electron chi connectivity index (χ1n) is 6.79. The van der Waals surface area contributed by atoms with Gasteiger partial charge in [0.15, 0.2) is 5.78 Å². The highest BCUT2D eigenvalue weighted by Crippen LogP contribution is 2.11. The van der Waals surface area contributed by atoms with Gasteiger partial charge in [0.1, 0.15) is 0 Å². The zero-order valence-electron chi connectivity index (χ0n) is 13.1. The maximum absolute atomic E-state index is 11.1. The summed E-state index contributed by atoms with van der Waals surface area (Å²) in [6.07, 6.45) is 5.85. The van der Waals surface area contributed by atoms with Gasteiger partial charge in [0.2, 0.25) is 0 Å². The van der Waals surface area contributed by atoms with Crippen LogP contribution in [-0.2, 0) is 35.8 Å². The van der Waals surface area contributed by atoms with Crippen LogP contribution in [-0.4, -0.2) is 43.2 Å². The first-order chi connectivity index (χ1) is 11.5. The molecule has 0 spiro atoms. The number of carbonyl (C=O) groups excluding carboxylic acids is 1. The Morgan fingerprint density at radius 1 is 1.12 bits per heavy atom. The predicted octanol–water partition coefficient (Wildman–Crippen LogP) is 1.14. The molecule has 1 aromatic carbocycles. The number of hydrogen-bond acceptors (Lipinski definition) is 7. The van der Waals surface area contributed by atoms with Crippen molar-refractivity contribution in [2.24, 2.45) is 0 Å².